The van der Waals surface area contributed by atoms with Crippen LogP contribution in [0.4, 0.5) is 0 Å². The van der Waals surface area contributed by atoms with Gasteiger partial charge in [0.15, 0.2) is 0 Å². The standard InChI is InChI=1S/C49H57N2O2P.C9H12.C5H12O.C2H4O.C2H6/c1-37(20-21-39-14-8-5-9-15-39)50-48(28-29-54(3)4)35-47-34-45(27-26-44(47)25-24-41-18-12-7-13-19-41)46-31-42(23-22-40-16-10-6-11-17-40)30-43(32-46)33-49(36-52)51-38(2)53;1-2-6-9-7-4-3-5-8-9;1-4-5(2,3)6;1-2-3;1-2/h3,5-19,26-27,30-32,34,36,38,48-51,53H,1,20-25,28-29,33,35H2,2,4H3;3-5,7-8H,2,6H2,1H3;6H,4H2,1-3H3;2-3H,1H2;1-2H3. The maximum Gasteiger partial charge on any atom is 0.137 e. The van der Waals surface area contributed by atoms with Crippen molar-refractivity contribution in [3.05, 3.63) is 227 Å². The van der Waals surface area contributed by atoms with Gasteiger partial charge in [-0.15, -0.1) is 13.5 Å². The molecule has 0 bridgehead atoms. The SMILES string of the molecule is C#P(C)CCC(Cc1cc(-c2cc(CCc3ccccc3)cc(CC(C=O)NC(C)O)c2)ccc1CCc1ccccc1)NC(=C)CCc1ccccc1.C=CO.CC.CCC(C)(C)O.CCCc1ccccc1. The molecular formula is C67H91N2O4P. The van der Waals surface area contributed by atoms with Crippen LogP contribution in [0, 0.1) is 6.13 Å². The molecule has 6 aromatic rings. The minimum absolute atomic E-state index is 0.208. The number of benzene rings is 6. The fourth-order valence-electron chi connectivity index (χ4n) is 8.08. The van der Waals surface area contributed by atoms with Crippen LogP contribution in [0.15, 0.2) is 183 Å². The Balaban J connectivity index is 0.000000789. The highest BCUT2D eigenvalue weighted by Crippen LogP contribution is 2.29. The molecule has 4 unspecified atom stereocenters. The number of aldehydes is 1. The van der Waals surface area contributed by atoms with Gasteiger partial charge in [0.05, 0.1) is 17.9 Å². The molecule has 0 aliphatic rings. The van der Waals surface area contributed by atoms with E-state index < -0.39 is 25.2 Å². The summed E-state index contributed by atoms with van der Waals surface area (Å²) in [6.07, 6.45) is 19.4. The van der Waals surface area contributed by atoms with Crippen LogP contribution in [0.2, 0.25) is 0 Å². The van der Waals surface area contributed by atoms with Crippen LogP contribution in [-0.4, -0.2) is 58.3 Å². The van der Waals surface area contributed by atoms with Crippen LogP contribution in [0.3, 0.4) is 0 Å². The van der Waals surface area contributed by atoms with Crippen LogP contribution in [0.1, 0.15) is 119 Å². The van der Waals surface area contributed by atoms with Gasteiger partial charge in [-0.3, -0.25) is 5.32 Å². The van der Waals surface area contributed by atoms with Crippen molar-refractivity contribution in [3.63, 3.8) is 0 Å². The molecule has 6 aromatic carbocycles. The summed E-state index contributed by atoms with van der Waals surface area (Å²) >= 11 is 0. The fraction of sp³-hybridized carbons (Fsp3) is 0.373. The van der Waals surface area contributed by atoms with E-state index in [2.05, 4.69) is 195 Å². The maximum absolute atomic E-state index is 12.0. The molecule has 7 heteroatoms. The number of aryl methyl sites for hydroxylation is 6. The highest BCUT2D eigenvalue weighted by Gasteiger charge is 2.17. The van der Waals surface area contributed by atoms with Gasteiger partial charge in [0.25, 0.3) is 0 Å². The van der Waals surface area contributed by atoms with Gasteiger partial charge in [-0.2, -0.15) is 0 Å². The van der Waals surface area contributed by atoms with Gasteiger partial charge >= 0.3 is 0 Å². The monoisotopic (exact) mass is 1020 g/mol. The highest BCUT2D eigenvalue weighted by atomic mass is 31.1. The summed E-state index contributed by atoms with van der Waals surface area (Å²) in [4.78, 5) is 12.0. The molecule has 0 aromatic heterocycles. The first-order valence-electron chi connectivity index (χ1n) is 26.8. The van der Waals surface area contributed by atoms with Crippen molar-refractivity contribution >= 4 is 13.7 Å². The second-order valence-electron chi connectivity index (χ2n) is 19.3. The topological polar surface area (TPSA) is 102 Å². The van der Waals surface area contributed by atoms with Crippen LogP contribution in [0.5, 0.6) is 0 Å². The van der Waals surface area contributed by atoms with E-state index in [4.69, 9.17) is 16.3 Å². The van der Waals surface area contributed by atoms with Crippen LogP contribution in [-0.2, 0) is 56.2 Å². The second kappa shape index (κ2) is 37.7. The quantitative estimate of drug-likeness (QED) is 0.0179. The van der Waals surface area contributed by atoms with E-state index in [0.717, 1.165) is 93.3 Å². The molecule has 0 amide bonds. The Bertz CT molecular complexity index is 2490. The van der Waals surface area contributed by atoms with Crippen LogP contribution < -0.4 is 10.6 Å². The van der Waals surface area contributed by atoms with Gasteiger partial charge in [0.2, 0.25) is 0 Å². The van der Waals surface area contributed by atoms with Crippen molar-refractivity contribution < 1.29 is 20.1 Å². The summed E-state index contributed by atoms with van der Waals surface area (Å²) in [5, 5.41) is 33.0. The van der Waals surface area contributed by atoms with Crippen molar-refractivity contribution in [1.29, 1.82) is 0 Å². The molecule has 0 radical (unpaired) electrons. The first-order valence-corrected chi connectivity index (χ1v) is 28.9. The lowest BCUT2D eigenvalue weighted by molar-refractivity contribution is -0.110. The summed E-state index contributed by atoms with van der Waals surface area (Å²) in [5.74, 6) is 0. The van der Waals surface area contributed by atoms with Crippen molar-refractivity contribution in [2.24, 2.45) is 0 Å². The zero-order valence-corrected chi connectivity index (χ0v) is 47.2. The molecule has 0 saturated heterocycles. The molecule has 0 fully saturated rings. The average molecular weight is 1020 g/mol. The largest absolute Gasteiger partial charge is 0.516 e. The van der Waals surface area contributed by atoms with E-state index in [9.17, 15) is 9.90 Å². The number of allylic oxidation sites excluding steroid dienone is 1. The zero-order chi connectivity index (χ0) is 54.6. The molecule has 0 saturated carbocycles. The van der Waals surface area contributed by atoms with Crippen LogP contribution >= 0.6 is 7.38 Å². The summed E-state index contributed by atoms with van der Waals surface area (Å²) in [6.45, 7) is 22.9. The number of nitrogens with one attached hydrogen (secondary N) is 2. The number of carbonyl (C=O) groups is 1. The first-order chi connectivity index (χ1) is 35.6. The third-order valence-corrected chi connectivity index (χ3v) is 13.2. The zero-order valence-electron chi connectivity index (χ0n) is 46.3. The van der Waals surface area contributed by atoms with Gasteiger partial charge in [0.1, 0.15) is 12.5 Å². The van der Waals surface area contributed by atoms with E-state index in [-0.39, 0.29) is 6.04 Å². The second-order valence-corrected chi connectivity index (χ2v) is 21.2. The highest BCUT2D eigenvalue weighted by molar-refractivity contribution is 7.45. The Morgan fingerprint density at radius 1 is 0.662 bits per heavy atom. The van der Waals surface area contributed by atoms with Gasteiger partial charge < -0.3 is 25.4 Å². The van der Waals surface area contributed by atoms with E-state index in [1.54, 1.807) is 20.8 Å². The molecule has 6 rings (SSSR count). The number of carbonyl (C=O) groups excluding carboxylic acids is 1. The summed E-state index contributed by atoms with van der Waals surface area (Å²) in [5.41, 5.74) is 13.3. The maximum atomic E-state index is 12.0. The Morgan fingerprint density at radius 2 is 1.12 bits per heavy atom. The number of hydrogen-bond donors (Lipinski definition) is 5. The summed E-state index contributed by atoms with van der Waals surface area (Å²) < 4.78 is 0. The van der Waals surface area contributed by atoms with E-state index in [1.807, 2.05) is 20.8 Å². The molecular weight excluding hydrogens is 928 g/mol. The lowest BCUT2D eigenvalue weighted by atomic mass is 9.89. The molecule has 6 nitrogen and oxygen atoms in total. The minimum Gasteiger partial charge on any atom is -0.516 e. The molecule has 74 heavy (non-hydrogen) atoms. The molecule has 5 N–H and O–H groups in total. The van der Waals surface area contributed by atoms with E-state index in [1.165, 1.54) is 57.3 Å². The van der Waals surface area contributed by atoms with E-state index in [0.29, 0.717) is 6.42 Å². The third-order valence-electron chi connectivity index (χ3n) is 12.2. The Kier molecular flexibility index (Phi) is 32.7. The lowest BCUT2D eigenvalue weighted by Gasteiger charge is -2.24. The summed E-state index contributed by atoms with van der Waals surface area (Å²) in [7, 11) is -0.522. The Morgan fingerprint density at radius 3 is 1.58 bits per heavy atom. The van der Waals surface area contributed by atoms with Gasteiger partial charge in [-0.25, -0.2) is 0 Å². The molecule has 0 heterocycles. The molecule has 0 aliphatic carbocycles. The third kappa shape index (κ3) is 28.5. The molecule has 0 spiro atoms. The average Bonchev–Trinajstić information content (AvgIpc) is 3.40. The predicted octanol–water partition coefficient (Wildman–Crippen LogP) is 15.2. The molecule has 4 atom stereocenters. The van der Waals surface area contributed by atoms with Crippen molar-refractivity contribution in [2.75, 3.05) is 12.8 Å². The summed E-state index contributed by atoms with van der Waals surface area (Å²) in [6, 6.07) is 55.9. The van der Waals surface area contributed by atoms with Crippen molar-refractivity contribution in [1.82, 2.24) is 10.6 Å². The Labute approximate surface area is 449 Å². The fourth-order valence-corrected chi connectivity index (χ4v) is 8.80. The number of aliphatic hydroxyl groups is 3. The van der Waals surface area contributed by atoms with Crippen molar-refractivity contribution in [2.45, 2.75) is 149 Å². The smallest absolute Gasteiger partial charge is 0.137 e. The predicted molar refractivity (Wildman–Crippen MR) is 321 cm³/mol. The number of hydrogen-bond acceptors (Lipinski definition) is 6. The van der Waals surface area contributed by atoms with Gasteiger partial charge in [0, 0.05) is 11.7 Å². The lowest BCUT2D eigenvalue weighted by Crippen LogP contribution is -2.38. The van der Waals surface area contributed by atoms with E-state index >= 15 is 0 Å². The number of aliphatic hydroxyl groups excluding tert-OH is 2. The van der Waals surface area contributed by atoms with Crippen molar-refractivity contribution in [3.8, 4) is 17.3 Å². The Hall–Kier alpha value is -5.97. The minimum atomic E-state index is -0.772. The van der Waals surface area contributed by atoms with Gasteiger partial charge in [-0.05, 0) is 160 Å². The number of rotatable bonds is 24. The molecule has 398 valence electrons. The van der Waals surface area contributed by atoms with Gasteiger partial charge in [-0.1, -0.05) is 205 Å². The van der Waals surface area contributed by atoms with Crippen LogP contribution in [0.25, 0.3) is 11.1 Å². The first kappa shape index (κ1) is 64.1. The normalized spacial score (nSPS) is 11.9. The molecule has 0 aliphatic heterocycles.